The third kappa shape index (κ3) is 5.28. The van der Waals surface area contributed by atoms with Gasteiger partial charge in [0.1, 0.15) is 0 Å². The van der Waals surface area contributed by atoms with Crippen LogP contribution < -0.4 is 4.90 Å². The van der Waals surface area contributed by atoms with Crippen molar-refractivity contribution in [2.24, 2.45) is 5.92 Å². The van der Waals surface area contributed by atoms with Crippen LogP contribution >= 0.6 is 0 Å². The molecule has 1 N–H and O–H groups in total. The van der Waals surface area contributed by atoms with Gasteiger partial charge in [-0.1, -0.05) is 32.9 Å². The molecule has 0 bridgehead atoms. The van der Waals surface area contributed by atoms with Crippen molar-refractivity contribution in [3.8, 4) is 0 Å². The average molecular weight is 404 g/mol. The minimum absolute atomic E-state index is 0.0683. The van der Waals surface area contributed by atoms with Gasteiger partial charge in [-0.25, -0.2) is 4.39 Å². The molecule has 0 spiro atoms. The van der Waals surface area contributed by atoms with Crippen molar-refractivity contribution < 1.29 is 21.8 Å². The van der Waals surface area contributed by atoms with E-state index in [4.69, 9.17) is 8.98 Å². The first-order valence-electron chi connectivity index (χ1n) is 8.91. The van der Waals surface area contributed by atoms with Crippen molar-refractivity contribution in [3.05, 3.63) is 29.6 Å². The lowest BCUT2D eigenvalue weighted by Crippen LogP contribution is -2.47. The molecule has 0 unspecified atom stereocenters. The zero-order valence-electron chi connectivity index (χ0n) is 16.3. The summed E-state index contributed by atoms with van der Waals surface area (Å²) in [6.45, 7) is 12.2. The highest BCUT2D eigenvalue weighted by atomic mass is 32.2. The van der Waals surface area contributed by atoms with E-state index in [9.17, 15) is 12.8 Å². The fraction of sp³-hybridized carbons (Fsp3) is 0.667. The standard InChI is InChI=1S/C18H30FNO4SSi/c1-18(2,3)26(4,5)24-13-15-7-6-8-16(17(15)19)20-11-14(12-20)9-10-25(21,22)23/h6-8,14H,9-13H2,1-5H3,(H,21,22,23). The minimum Gasteiger partial charge on any atom is -0.412 e. The molecular weight excluding hydrogens is 373 g/mol. The summed E-state index contributed by atoms with van der Waals surface area (Å²) in [5.74, 6) is -0.350. The Morgan fingerprint density at radius 2 is 1.92 bits per heavy atom. The molecule has 0 amide bonds. The normalized spacial score (nSPS) is 16.7. The van der Waals surface area contributed by atoms with Crippen LogP contribution in [0.3, 0.4) is 0 Å². The van der Waals surface area contributed by atoms with Crippen molar-refractivity contribution >= 4 is 24.1 Å². The van der Waals surface area contributed by atoms with Gasteiger partial charge in [-0.05, 0) is 36.5 Å². The molecule has 1 heterocycles. The summed E-state index contributed by atoms with van der Waals surface area (Å²) < 4.78 is 51.5. The predicted octanol–water partition coefficient (Wildman–Crippen LogP) is 4.06. The van der Waals surface area contributed by atoms with Crippen LogP contribution in [0.4, 0.5) is 10.1 Å². The topological polar surface area (TPSA) is 66.8 Å². The van der Waals surface area contributed by atoms with Crippen molar-refractivity contribution in [3.63, 3.8) is 0 Å². The Balaban J connectivity index is 1.98. The Hall–Kier alpha value is -0.963. The zero-order valence-corrected chi connectivity index (χ0v) is 18.1. The largest absolute Gasteiger partial charge is 0.412 e. The third-order valence-electron chi connectivity index (χ3n) is 5.53. The lowest BCUT2D eigenvalue weighted by molar-refractivity contribution is 0.271. The van der Waals surface area contributed by atoms with Crippen LogP contribution in [0, 0.1) is 11.7 Å². The maximum Gasteiger partial charge on any atom is 0.264 e. The Morgan fingerprint density at radius 1 is 1.31 bits per heavy atom. The molecule has 1 aliphatic heterocycles. The van der Waals surface area contributed by atoms with Gasteiger partial charge in [0.25, 0.3) is 10.1 Å². The molecule has 0 aliphatic carbocycles. The van der Waals surface area contributed by atoms with Gasteiger partial charge >= 0.3 is 0 Å². The van der Waals surface area contributed by atoms with Crippen LogP contribution in [0.25, 0.3) is 0 Å². The molecule has 1 aliphatic rings. The third-order valence-corrected chi connectivity index (χ3v) is 10.8. The molecule has 1 saturated heterocycles. The maximum absolute atomic E-state index is 14.9. The van der Waals surface area contributed by atoms with Gasteiger partial charge in [0.15, 0.2) is 14.1 Å². The predicted molar refractivity (Wildman–Crippen MR) is 105 cm³/mol. The molecule has 0 aromatic heterocycles. The van der Waals surface area contributed by atoms with Crippen molar-refractivity contribution in [2.75, 3.05) is 23.7 Å². The molecule has 8 heteroatoms. The van der Waals surface area contributed by atoms with Crippen LogP contribution in [0.5, 0.6) is 0 Å². The van der Waals surface area contributed by atoms with E-state index in [1.807, 2.05) is 11.0 Å². The van der Waals surface area contributed by atoms with E-state index < -0.39 is 18.4 Å². The Bertz CT molecular complexity index is 740. The fourth-order valence-corrected chi connectivity index (χ4v) is 4.24. The van der Waals surface area contributed by atoms with E-state index in [1.54, 1.807) is 12.1 Å². The summed E-state index contributed by atoms with van der Waals surface area (Å²) >= 11 is 0. The second-order valence-electron chi connectivity index (χ2n) is 8.64. The number of benzene rings is 1. The first kappa shape index (κ1) is 21.3. The summed E-state index contributed by atoms with van der Waals surface area (Å²) in [5.41, 5.74) is 1.08. The second kappa shape index (κ2) is 7.57. The molecule has 1 aromatic rings. The van der Waals surface area contributed by atoms with Gasteiger partial charge in [0.2, 0.25) is 0 Å². The number of anilines is 1. The lowest BCUT2D eigenvalue weighted by Gasteiger charge is -2.41. The van der Waals surface area contributed by atoms with Gasteiger partial charge < -0.3 is 9.33 Å². The monoisotopic (exact) mass is 403 g/mol. The fourth-order valence-electron chi connectivity index (χ4n) is 2.66. The summed E-state index contributed by atoms with van der Waals surface area (Å²) in [7, 11) is -5.88. The molecule has 0 atom stereocenters. The molecule has 26 heavy (non-hydrogen) atoms. The van der Waals surface area contributed by atoms with Gasteiger partial charge in [0, 0.05) is 18.7 Å². The SMILES string of the molecule is CC(C)(C)[Si](C)(C)OCc1cccc(N2CC(CCS(=O)(=O)O)C2)c1F. The number of hydrogen-bond acceptors (Lipinski definition) is 4. The zero-order chi connectivity index (χ0) is 19.8. The molecule has 5 nitrogen and oxygen atoms in total. The van der Waals surface area contributed by atoms with E-state index in [0.717, 1.165) is 0 Å². The van der Waals surface area contributed by atoms with E-state index in [0.29, 0.717) is 30.8 Å². The average Bonchev–Trinajstić information content (AvgIpc) is 2.43. The van der Waals surface area contributed by atoms with Crippen LogP contribution in [-0.2, 0) is 21.2 Å². The number of nitrogens with zero attached hydrogens (tertiary/aromatic N) is 1. The molecular formula is C18H30FNO4SSi. The van der Waals surface area contributed by atoms with Crippen LogP contribution in [-0.4, -0.2) is 40.1 Å². The number of hydrogen-bond donors (Lipinski definition) is 1. The minimum atomic E-state index is -3.93. The molecule has 1 fully saturated rings. The Kier molecular flexibility index (Phi) is 6.22. The molecule has 2 rings (SSSR count). The summed E-state index contributed by atoms with van der Waals surface area (Å²) in [4.78, 5) is 1.90. The maximum atomic E-state index is 14.9. The van der Waals surface area contributed by atoms with Gasteiger partial charge in [0.05, 0.1) is 18.0 Å². The highest BCUT2D eigenvalue weighted by Gasteiger charge is 2.37. The summed E-state index contributed by atoms with van der Waals surface area (Å²) in [5, 5.41) is 0.0683. The van der Waals surface area contributed by atoms with E-state index in [-0.39, 0.29) is 29.1 Å². The van der Waals surface area contributed by atoms with Crippen LogP contribution in [0.1, 0.15) is 32.8 Å². The molecule has 0 saturated carbocycles. The number of rotatable bonds is 7. The second-order valence-corrected chi connectivity index (χ2v) is 15.0. The quantitative estimate of drug-likeness (QED) is 0.549. The lowest BCUT2D eigenvalue weighted by atomic mass is 9.96. The first-order chi connectivity index (χ1) is 11.8. The summed E-state index contributed by atoms with van der Waals surface area (Å²) in [6.07, 6.45) is 0.394. The highest BCUT2D eigenvalue weighted by Crippen LogP contribution is 2.37. The smallest absolute Gasteiger partial charge is 0.264 e. The molecule has 0 radical (unpaired) electrons. The highest BCUT2D eigenvalue weighted by molar-refractivity contribution is 7.85. The number of halogens is 1. The van der Waals surface area contributed by atoms with Crippen molar-refractivity contribution in [1.29, 1.82) is 0 Å². The Labute approximate surface area is 157 Å². The van der Waals surface area contributed by atoms with Crippen molar-refractivity contribution in [1.82, 2.24) is 0 Å². The first-order valence-corrected chi connectivity index (χ1v) is 13.4. The van der Waals surface area contributed by atoms with Crippen LogP contribution in [0.15, 0.2) is 18.2 Å². The molecule has 1 aromatic carbocycles. The van der Waals surface area contributed by atoms with Gasteiger partial charge in [-0.15, -0.1) is 0 Å². The Morgan fingerprint density at radius 3 is 2.46 bits per heavy atom. The van der Waals surface area contributed by atoms with Gasteiger partial charge in [-0.2, -0.15) is 8.42 Å². The van der Waals surface area contributed by atoms with E-state index >= 15 is 0 Å². The molecule has 148 valence electrons. The van der Waals surface area contributed by atoms with Crippen LogP contribution in [0.2, 0.25) is 18.1 Å². The van der Waals surface area contributed by atoms with E-state index in [1.165, 1.54) is 0 Å². The van der Waals surface area contributed by atoms with Gasteiger partial charge in [-0.3, -0.25) is 4.55 Å². The van der Waals surface area contributed by atoms with Crippen molar-refractivity contribution in [2.45, 2.75) is 51.9 Å². The van der Waals surface area contributed by atoms with E-state index in [2.05, 4.69) is 33.9 Å². The summed E-state index contributed by atoms with van der Waals surface area (Å²) in [6, 6.07) is 5.32.